The molecule has 2 fully saturated rings. The van der Waals surface area contributed by atoms with Gasteiger partial charge in [-0.3, -0.25) is 4.79 Å². The number of carbonyl (C=O) groups is 1. The number of nitrogens with zero attached hydrogens (tertiary/aromatic N) is 3. The molecule has 142 valence electrons. The number of hydrogen-bond donors (Lipinski definition) is 2. The van der Waals surface area contributed by atoms with Crippen molar-refractivity contribution in [3.05, 3.63) is 17.0 Å². The van der Waals surface area contributed by atoms with E-state index in [2.05, 4.69) is 20.2 Å². The van der Waals surface area contributed by atoms with Gasteiger partial charge in [-0.2, -0.15) is 0 Å². The van der Waals surface area contributed by atoms with Crippen LogP contribution >= 0.6 is 0 Å². The Hall–Kier alpha value is -1.73. The SMILES string of the molecule is Nc1nc2c(c(C(=O)NC3CCN(C[C@@H]4CCCO4)CC3)n1)CCCC2. The van der Waals surface area contributed by atoms with Crippen molar-refractivity contribution in [1.82, 2.24) is 20.2 Å². The van der Waals surface area contributed by atoms with E-state index in [-0.39, 0.29) is 17.9 Å². The van der Waals surface area contributed by atoms with Crippen LogP contribution in [0.3, 0.4) is 0 Å². The molecule has 3 N–H and O–H groups in total. The maximum absolute atomic E-state index is 12.8. The lowest BCUT2D eigenvalue weighted by Crippen LogP contribution is -2.46. The fraction of sp³-hybridized carbons (Fsp3) is 0.737. The Labute approximate surface area is 154 Å². The van der Waals surface area contributed by atoms with Gasteiger partial charge in [0.2, 0.25) is 5.95 Å². The highest BCUT2D eigenvalue weighted by molar-refractivity contribution is 5.94. The summed E-state index contributed by atoms with van der Waals surface area (Å²) in [5, 5.41) is 3.18. The summed E-state index contributed by atoms with van der Waals surface area (Å²) in [4.78, 5) is 23.9. The van der Waals surface area contributed by atoms with E-state index in [0.29, 0.717) is 11.8 Å². The molecule has 0 bridgehead atoms. The molecule has 0 radical (unpaired) electrons. The Morgan fingerprint density at radius 2 is 1.96 bits per heavy atom. The number of ether oxygens (including phenoxy) is 1. The summed E-state index contributed by atoms with van der Waals surface area (Å²) in [5.41, 5.74) is 8.28. The minimum absolute atomic E-state index is 0.0881. The van der Waals surface area contributed by atoms with Crippen molar-refractivity contribution in [3.63, 3.8) is 0 Å². The molecule has 1 aliphatic carbocycles. The van der Waals surface area contributed by atoms with Gasteiger partial charge in [0, 0.05) is 43.5 Å². The fourth-order valence-electron chi connectivity index (χ4n) is 4.39. The third-order valence-corrected chi connectivity index (χ3v) is 5.82. The predicted molar refractivity (Wildman–Crippen MR) is 99.0 cm³/mol. The van der Waals surface area contributed by atoms with Gasteiger partial charge in [-0.05, 0) is 51.4 Å². The Morgan fingerprint density at radius 3 is 2.73 bits per heavy atom. The third kappa shape index (κ3) is 3.99. The minimum atomic E-state index is -0.0881. The molecule has 7 heteroatoms. The Balaban J connectivity index is 1.34. The molecule has 4 rings (SSSR count). The van der Waals surface area contributed by atoms with Crippen LogP contribution in [-0.2, 0) is 17.6 Å². The van der Waals surface area contributed by atoms with Crippen molar-refractivity contribution in [2.45, 2.75) is 63.5 Å². The average molecular weight is 359 g/mol. The molecular weight excluding hydrogens is 330 g/mol. The number of nitrogens with two attached hydrogens (primary N) is 1. The van der Waals surface area contributed by atoms with E-state index in [1.807, 2.05) is 0 Å². The van der Waals surface area contributed by atoms with Crippen LogP contribution in [0.5, 0.6) is 0 Å². The zero-order valence-electron chi connectivity index (χ0n) is 15.4. The van der Waals surface area contributed by atoms with Gasteiger partial charge in [0.05, 0.1) is 6.10 Å². The van der Waals surface area contributed by atoms with Crippen molar-refractivity contribution >= 4 is 11.9 Å². The molecule has 3 aliphatic rings. The number of likely N-dealkylation sites (tertiary alicyclic amines) is 1. The van der Waals surface area contributed by atoms with Crippen LogP contribution in [0.2, 0.25) is 0 Å². The Bertz CT molecular complexity index is 652. The lowest BCUT2D eigenvalue weighted by Gasteiger charge is -2.33. The molecule has 26 heavy (non-hydrogen) atoms. The maximum atomic E-state index is 12.8. The number of nitrogens with one attached hydrogen (secondary N) is 1. The van der Waals surface area contributed by atoms with Gasteiger partial charge in [0.1, 0.15) is 5.69 Å². The van der Waals surface area contributed by atoms with Gasteiger partial charge in [0.25, 0.3) is 5.91 Å². The molecule has 1 amide bonds. The van der Waals surface area contributed by atoms with Gasteiger partial charge in [-0.1, -0.05) is 0 Å². The molecule has 0 saturated carbocycles. The summed E-state index contributed by atoms with van der Waals surface area (Å²) in [6, 6.07) is 0.207. The van der Waals surface area contributed by atoms with Crippen LogP contribution in [-0.4, -0.2) is 59.2 Å². The number of nitrogen functional groups attached to an aromatic ring is 1. The van der Waals surface area contributed by atoms with Crippen molar-refractivity contribution in [1.29, 1.82) is 0 Å². The highest BCUT2D eigenvalue weighted by Gasteiger charge is 2.27. The molecule has 2 saturated heterocycles. The maximum Gasteiger partial charge on any atom is 0.270 e. The van der Waals surface area contributed by atoms with E-state index in [1.54, 1.807) is 0 Å². The summed E-state index contributed by atoms with van der Waals surface area (Å²) in [6.45, 7) is 3.95. The van der Waals surface area contributed by atoms with E-state index >= 15 is 0 Å². The summed E-state index contributed by atoms with van der Waals surface area (Å²) in [5.74, 6) is 0.122. The van der Waals surface area contributed by atoms with Crippen LogP contribution in [0.15, 0.2) is 0 Å². The van der Waals surface area contributed by atoms with Gasteiger partial charge < -0.3 is 20.7 Å². The van der Waals surface area contributed by atoms with Crippen LogP contribution < -0.4 is 11.1 Å². The van der Waals surface area contributed by atoms with E-state index in [0.717, 1.165) is 76.0 Å². The molecular formula is C19H29N5O2. The lowest BCUT2D eigenvalue weighted by atomic mass is 9.94. The molecule has 1 aromatic rings. The number of aryl methyl sites for hydroxylation is 1. The topological polar surface area (TPSA) is 93.4 Å². The van der Waals surface area contributed by atoms with Gasteiger partial charge in [-0.15, -0.1) is 0 Å². The molecule has 0 aromatic carbocycles. The molecule has 3 heterocycles. The first kappa shape index (κ1) is 17.7. The second kappa shape index (κ2) is 7.88. The minimum Gasteiger partial charge on any atom is -0.377 e. The molecule has 1 atom stereocenters. The van der Waals surface area contributed by atoms with E-state index in [1.165, 1.54) is 12.8 Å². The highest BCUT2D eigenvalue weighted by atomic mass is 16.5. The zero-order valence-corrected chi connectivity index (χ0v) is 15.4. The van der Waals surface area contributed by atoms with Crippen LogP contribution in [0.4, 0.5) is 5.95 Å². The zero-order chi connectivity index (χ0) is 17.9. The number of rotatable bonds is 4. The predicted octanol–water partition coefficient (Wildman–Crippen LogP) is 1.31. The average Bonchev–Trinajstić information content (AvgIpc) is 3.15. The third-order valence-electron chi connectivity index (χ3n) is 5.82. The van der Waals surface area contributed by atoms with Gasteiger partial charge in [-0.25, -0.2) is 9.97 Å². The van der Waals surface area contributed by atoms with Crippen LogP contribution in [0.1, 0.15) is 60.3 Å². The smallest absolute Gasteiger partial charge is 0.270 e. The lowest BCUT2D eigenvalue weighted by molar-refractivity contribution is 0.0612. The quantitative estimate of drug-likeness (QED) is 0.842. The normalized spacial score (nSPS) is 24.4. The van der Waals surface area contributed by atoms with Crippen molar-refractivity contribution in [2.75, 3.05) is 32.0 Å². The summed E-state index contributed by atoms with van der Waals surface area (Å²) in [7, 11) is 0. The standard InChI is InChI=1S/C19H29N5O2/c20-19-22-16-6-2-1-5-15(16)17(23-19)18(25)21-13-7-9-24(10-8-13)12-14-4-3-11-26-14/h13-14H,1-12H2,(H,21,25)(H2,20,22,23)/t14-/m0/s1. The molecule has 7 nitrogen and oxygen atoms in total. The van der Waals surface area contributed by atoms with E-state index in [4.69, 9.17) is 10.5 Å². The number of carbonyl (C=O) groups excluding carboxylic acids is 1. The largest absolute Gasteiger partial charge is 0.377 e. The monoisotopic (exact) mass is 359 g/mol. The van der Waals surface area contributed by atoms with Crippen molar-refractivity contribution in [2.24, 2.45) is 0 Å². The van der Waals surface area contributed by atoms with Crippen molar-refractivity contribution in [3.8, 4) is 0 Å². The fourth-order valence-corrected chi connectivity index (χ4v) is 4.39. The number of anilines is 1. The summed E-state index contributed by atoms with van der Waals surface area (Å²) >= 11 is 0. The van der Waals surface area contributed by atoms with Crippen LogP contribution in [0, 0.1) is 0 Å². The number of fused-ring (bicyclic) bond motifs is 1. The summed E-state index contributed by atoms with van der Waals surface area (Å²) < 4.78 is 5.73. The van der Waals surface area contributed by atoms with E-state index < -0.39 is 0 Å². The number of hydrogen-bond acceptors (Lipinski definition) is 6. The first-order valence-electron chi connectivity index (χ1n) is 9.99. The molecule has 0 spiro atoms. The molecule has 2 aliphatic heterocycles. The Kier molecular flexibility index (Phi) is 5.36. The summed E-state index contributed by atoms with van der Waals surface area (Å²) in [6.07, 6.45) is 8.66. The van der Waals surface area contributed by atoms with Gasteiger partial charge >= 0.3 is 0 Å². The molecule has 0 unspecified atom stereocenters. The first-order chi connectivity index (χ1) is 12.7. The van der Waals surface area contributed by atoms with E-state index in [9.17, 15) is 4.79 Å². The van der Waals surface area contributed by atoms with Crippen LogP contribution in [0.25, 0.3) is 0 Å². The highest BCUT2D eigenvalue weighted by Crippen LogP contribution is 2.23. The number of amides is 1. The second-order valence-corrected chi connectivity index (χ2v) is 7.75. The first-order valence-corrected chi connectivity index (χ1v) is 9.99. The molecule has 1 aromatic heterocycles. The number of aromatic nitrogens is 2. The van der Waals surface area contributed by atoms with Gasteiger partial charge in [0.15, 0.2) is 0 Å². The second-order valence-electron chi connectivity index (χ2n) is 7.75. The van der Waals surface area contributed by atoms with Crippen molar-refractivity contribution < 1.29 is 9.53 Å². The number of piperidine rings is 1. The Morgan fingerprint density at radius 1 is 1.15 bits per heavy atom.